The third-order valence-electron chi connectivity index (χ3n) is 3.83. The van der Waals surface area contributed by atoms with E-state index in [4.69, 9.17) is 11.6 Å². The normalized spacial score (nSPS) is 10.9. The molecule has 9 heteroatoms. The summed E-state index contributed by atoms with van der Waals surface area (Å²) in [6.07, 6.45) is 3.87. The molecule has 0 radical (unpaired) electrons. The Morgan fingerprint density at radius 3 is 2.62 bits per heavy atom. The van der Waals surface area contributed by atoms with E-state index in [9.17, 15) is 4.79 Å². The van der Waals surface area contributed by atoms with Crippen LogP contribution in [0.4, 0.5) is 5.82 Å². The quantitative estimate of drug-likeness (QED) is 0.535. The van der Waals surface area contributed by atoms with Crippen LogP contribution in [0.15, 0.2) is 45.6 Å². The molecular weight excluding hydrogens is 485 g/mol. The van der Waals surface area contributed by atoms with Gasteiger partial charge in [0.05, 0.1) is 28.2 Å². The van der Waals surface area contributed by atoms with Crippen LogP contribution in [0.3, 0.4) is 0 Å². The van der Waals surface area contributed by atoms with Crippen LogP contribution < -0.4 is 5.32 Å². The van der Waals surface area contributed by atoms with Gasteiger partial charge >= 0.3 is 0 Å². The predicted molar refractivity (Wildman–Crippen MR) is 108 cm³/mol. The molecule has 0 aliphatic carbocycles. The van der Waals surface area contributed by atoms with Gasteiger partial charge < -0.3 is 5.32 Å². The molecular formula is C17H16Br2ClN5O. The number of anilines is 1. The molecule has 0 aliphatic heterocycles. The summed E-state index contributed by atoms with van der Waals surface area (Å²) in [6.45, 7) is 3.04. The van der Waals surface area contributed by atoms with Gasteiger partial charge in [-0.05, 0) is 56.5 Å². The fourth-order valence-corrected chi connectivity index (χ4v) is 3.23. The highest BCUT2D eigenvalue weighted by Crippen LogP contribution is 2.21. The highest BCUT2D eigenvalue weighted by atomic mass is 79.9. The molecule has 26 heavy (non-hydrogen) atoms. The van der Waals surface area contributed by atoms with Gasteiger partial charge in [0.15, 0.2) is 5.82 Å². The van der Waals surface area contributed by atoms with Crippen LogP contribution in [0.5, 0.6) is 0 Å². The summed E-state index contributed by atoms with van der Waals surface area (Å²) in [5.41, 5.74) is 2.06. The van der Waals surface area contributed by atoms with E-state index in [-0.39, 0.29) is 5.91 Å². The second-order valence-corrected chi connectivity index (χ2v) is 7.89. The average molecular weight is 502 g/mol. The highest BCUT2D eigenvalue weighted by molar-refractivity contribution is 9.10. The van der Waals surface area contributed by atoms with Gasteiger partial charge in [0.25, 0.3) is 0 Å². The molecule has 1 N–H and O–H groups in total. The van der Waals surface area contributed by atoms with E-state index in [1.807, 2.05) is 37.4 Å². The summed E-state index contributed by atoms with van der Waals surface area (Å²) in [7, 11) is 0. The molecule has 2 aromatic heterocycles. The van der Waals surface area contributed by atoms with Crippen molar-refractivity contribution < 1.29 is 4.79 Å². The Morgan fingerprint density at radius 2 is 1.96 bits per heavy atom. The molecule has 136 valence electrons. The molecule has 0 fully saturated rings. The summed E-state index contributed by atoms with van der Waals surface area (Å²) >= 11 is 12.7. The van der Waals surface area contributed by atoms with Crippen molar-refractivity contribution in [1.29, 1.82) is 0 Å². The first-order valence-corrected chi connectivity index (χ1v) is 9.84. The zero-order valence-corrected chi connectivity index (χ0v) is 17.8. The monoisotopic (exact) mass is 499 g/mol. The molecule has 2 heterocycles. The Kier molecular flexibility index (Phi) is 6.16. The maximum absolute atomic E-state index is 12.2. The molecule has 0 spiro atoms. The van der Waals surface area contributed by atoms with Gasteiger partial charge in [-0.2, -0.15) is 10.2 Å². The maximum atomic E-state index is 12.2. The molecule has 3 aromatic rings. The largest absolute Gasteiger partial charge is 0.308 e. The average Bonchev–Trinajstić information content (AvgIpc) is 3.11. The van der Waals surface area contributed by atoms with Crippen LogP contribution in [-0.4, -0.2) is 25.5 Å². The summed E-state index contributed by atoms with van der Waals surface area (Å²) in [6, 6.07) is 7.57. The first-order valence-electron chi connectivity index (χ1n) is 7.87. The summed E-state index contributed by atoms with van der Waals surface area (Å²) in [5.74, 6) is 0.385. The predicted octanol–water partition coefficient (Wildman–Crippen LogP) is 4.64. The van der Waals surface area contributed by atoms with Crippen LogP contribution in [0.1, 0.15) is 17.7 Å². The van der Waals surface area contributed by atoms with E-state index in [1.54, 1.807) is 15.6 Å². The van der Waals surface area contributed by atoms with E-state index >= 15 is 0 Å². The summed E-state index contributed by atoms with van der Waals surface area (Å²) < 4.78 is 5.22. The van der Waals surface area contributed by atoms with Gasteiger partial charge in [0.1, 0.15) is 0 Å². The third-order valence-corrected chi connectivity index (χ3v) is 5.44. The number of hydrogen-bond donors (Lipinski definition) is 1. The van der Waals surface area contributed by atoms with E-state index in [0.29, 0.717) is 30.4 Å². The lowest BCUT2D eigenvalue weighted by molar-refractivity contribution is -0.116. The second kappa shape index (κ2) is 8.37. The fourth-order valence-electron chi connectivity index (χ4n) is 2.39. The van der Waals surface area contributed by atoms with Crippen molar-refractivity contribution in [2.24, 2.45) is 0 Å². The Hall–Kier alpha value is -1.64. The lowest BCUT2D eigenvalue weighted by Crippen LogP contribution is -2.16. The number of hydrogen-bond acceptors (Lipinski definition) is 3. The molecule has 6 nitrogen and oxygen atoms in total. The number of aryl methyl sites for hydroxylation is 1. The van der Waals surface area contributed by atoms with E-state index in [1.165, 1.54) is 0 Å². The molecule has 0 saturated heterocycles. The second-order valence-electron chi connectivity index (χ2n) is 5.75. The number of rotatable bonds is 6. The zero-order valence-electron chi connectivity index (χ0n) is 13.9. The van der Waals surface area contributed by atoms with Crippen LogP contribution >= 0.6 is 43.5 Å². The molecule has 1 aromatic carbocycles. The summed E-state index contributed by atoms with van der Waals surface area (Å²) in [4.78, 5) is 12.2. The minimum atomic E-state index is -0.117. The maximum Gasteiger partial charge on any atom is 0.227 e. The van der Waals surface area contributed by atoms with Crippen molar-refractivity contribution in [1.82, 2.24) is 19.6 Å². The molecule has 3 rings (SSSR count). The van der Waals surface area contributed by atoms with Gasteiger partial charge in [0, 0.05) is 23.3 Å². The standard InChI is InChI=1S/C17H16Br2ClN5O/c1-11-14(18)8-21-25(11)7-6-16(26)22-17-15(19)10-24(23-17)9-12-2-4-13(20)5-3-12/h2-5,8,10H,6-7,9H2,1H3,(H,22,23,26). The van der Waals surface area contributed by atoms with Crippen molar-refractivity contribution in [2.75, 3.05) is 5.32 Å². The van der Waals surface area contributed by atoms with Crippen molar-refractivity contribution in [3.8, 4) is 0 Å². The zero-order chi connectivity index (χ0) is 18.7. The van der Waals surface area contributed by atoms with Crippen molar-refractivity contribution in [3.63, 3.8) is 0 Å². The molecule has 0 unspecified atom stereocenters. The Balaban J connectivity index is 1.59. The van der Waals surface area contributed by atoms with Crippen LogP contribution in [0.2, 0.25) is 5.02 Å². The van der Waals surface area contributed by atoms with Crippen molar-refractivity contribution >= 4 is 55.2 Å². The number of carbonyl (C=O) groups is 1. The number of benzene rings is 1. The van der Waals surface area contributed by atoms with Gasteiger partial charge in [-0.1, -0.05) is 23.7 Å². The van der Waals surface area contributed by atoms with Crippen LogP contribution in [0.25, 0.3) is 0 Å². The van der Waals surface area contributed by atoms with Crippen LogP contribution in [0, 0.1) is 6.92 Å². The summed E-state index contributed by atoms with van der Waals surface area (Å²) in [5, 5.41) is 12.2. The number of nitrogens with one attached hydrogen (secondary N) is 1. The number of nitrogens with zero attached hydrogens (tertiary/aromatic N) is 4. The first-order chi connectivity index (χ1) is 12.4. The highest BCUT2D eigenvalue weighted by Gasteiger charge is 2.12. The smallest absolute Gasteiger partial charge is 0.227 e. The molecule has 0 atom stereocenters. The van der Waals surface area contributed by atoms with Gasteiger partial charge in [-0.25, -0.2) is 0 Å². The minimum Gasteiger partial charge on any atom is -0.308 e. The van der Waals surface area contributed by atoms with Crippen LogP contribution in [-0.2, 0) is 17.9 Å². The Labute approximate surface area is 172 Å². The van der Waals surface area contributed by atoms with Crippen molar-refractivity contribution in [3.05, 3.63) is 61.9 Å². The van der Waals surface area contributed by atoms with E-state index in [2.05, 4.69) is 47.4 Å². The van der Waals surface area contributed by atoms with Gasteiger partial charge in [-0.3, -0.25) is 14.2 Å². The lowest BCUT2D eigenvalue weighted by Gasteiger charge is -2.05. The van der Waals surface area contributed by atoms with E-state index < -0.39 is 0 Å². The molecule has 0 aliphatic rings. The fraction of sp³-hybridized carbons (Fsp3) is 0.235. The first kappa shape index (κ1) is 19.1. The number of amides is 1. The number of aromatic nitrogens is 4. The SMILES string of the molecule is Cc1c(Br)cnn1CCC(=O)Nc1nn(Cc2ccc(Cl)cc2)cc1Br. The molecule has 1 amide bonds. The minimum absolute atomic E-state index is 0.117. The topological polar surface area (TPSA) is 64.7 Å². The third kappa shape index (κ3) is 4.75. The van der Waals surface area contributed by atoms with Crippen molar-refractivity contribution in [2.45, 2.75) is 26.4 Å². The molecule has 0 saturated carbocycles. The van der Waals surface area contributed by atoms with E-state index in [0.717, 1.165) is 20.2 Å². The van der Waals surface area contributed by atoms with Gasteiger partial charge in [-0.15, -0.1) is 0 Å². The number of carbonyl (C=O) groups excluding carboxylic acids is 1. The Bertz CT molecular complexity index is 920. The number of halogens is 3. The lowest BCUT2D eigenvalue weighted by atomic mass is 10.2. The van der Waals surface area contributed by atoms with Gasteiger partial charge in [0.2, 0.25) is 5.91 Å². The Morgan fingerprint density at radius 1 is 1.23 bits per heavy atom. The molecule has 0 bridgehead atoms.